The van der Waals surface area contributed by atoms with Crippen molar-refractivity contribution in [3.8, 4) is 0 Å². The molecule has 0 aliphatic heterocycles. The third-order valence-electron chi connectivity index (χ3n) is 3.60. The lowest BCUT2D eigenvalue weighted by molar-refractivity contribution is 0.0602. The van der Waals surface area contributed by atoms with Crippen LogP contribution in [0.15, 0.2) is 36.5 Å². The smallest absolute Gasteiger partial charge is 0.340 e. The van der Waals surface area contributed by atoms with Gasteiger partial charge >= 0.3 is 5.97 Å². The van der Waals surface area contributed by atoms with Crippen LogP contribution in [-0.2, 0) is 11.2 Å². The molecule has 2 heterocycles. The van der Waals surface area contributed by atoms with E-state index in [4.69, 9.17) is 16.3 Å². The number of pyridine rings is 1. The summed E-state index contributed by atoms with van der Waals surface area (Å²) in [6, 6.07) is 9.55. The Labute approximate surface area is 133 Å². The van der Waals surface area contributed by atoms with E-state index in [0.717, 1.165) is 33.8 Å². The molecule has 3 aromatic rings. The monoisotopic (exact) mass is 314 g/mol. The minimum atomic E-state index is -0.372. The number of aromatic nitrogens is 2. The Morgan fingerprint density at radius 2 is 2.14 bits per heavy atom. The number of ether oxygens (including phenoxy) is 1. The van der Waals surface area contributed by atoms with Crippen LogP contribution in [0.1, 0.15) is 27.2 Å². The number of hydrogen-bond donors (Lipinski definition) is 1. The van der Waals surface area contributed by atoms with E-state index in [1.54, 1.807) is 12.3 Å². The number of benzene rings is 1. The van der Waals surface area contributed by atoms with Gasteiger partial charge in [0.15, 0.2) is 0 Å². The molecule has 2 aromatic heterocycles. The Morgan fingerprint density at radius 1 is 1.32 bits per heavy atom. The molecule has 0 aliphatic carbocycles. The van der Waals surface area contributed by atoms with Gasteiger partial charge in [-0.05, 0) is 36.2 Å². The highest BCUT2D eigenvalue weighted by Crippen LogP contribution is 2.22. The molecule has 0 aliphatic rings. The lowest BCUT2D eigenvalue weighted by atomic mass is 10.1. The minimum absolute atomic E-state index is 0.372. The van der Waals surface area contributed by atoms with Crippen LogP contribution in [0.2, 0.25) is 5.02 Å². The molecule has 0 bridgehead atoms. The first kappa shape index (κ1) is 14.6. The van der Waals surface area contributed by atoms with Gasteiger partial charge in [-0.25, -0.2) is 4.79 Å². The fraction of sp³-hybridized carbons (Fsp3) is 0.176. The van der Waals surface area contributed by atoms with Gasteiger partial charge in [-0.1, -0.05) is 23.7 Å². The molecule has 4 nitrogen and oxygen atoms in total. The van der Waals surface area contributed by atoms with E-state index in [1.165, 1.54) is 7.11 Å². The summed E-state index contributed by atoms with van der Waals surface area (Å²) in [7, 11) is 1.37. The quantitative estimate of drug-likeness (QED) is 0.746. The van der Waals surface area contributed by atoms with Crippen LogP contribution < -0.4 is 0 Å². The predicted octanol–water partition coefficient (Wildman–Crippen LogP) is 3.90. The molecule has 5 heteroatoms. The zero-order chi connectivity index (χ0) is 15.7. The number of nitrogens with zero attached hydrogens (tertiary/aromatic N) is 1. The molecule has 0 fully saturated rings. The summed E-state index contributed by atoms with van der Waals surface area (Å²) in [4.78, 5) is 19.4. The molecule has 1 aromatic carbocycles. The number of esters is 1. The van der Waals surface area contributed by atoms with E-state index in [2.05, 4.69) is 16.0 Å². The molecule has 0 amide bonds. The van der Waals surface area contributed by atoms with Gasteiger partial charge in [0, 0.05) is 23.3 Å². The van der Waals surface area contributed by atoms with Crippen LogP contribution in [0.5, 0.6) is 0 Å². The number of rotatable bonds is 3. The maximum absolute atomic E-state index is 11.8. The first-order chi connectivity index (χ1) is 10.6. The van der Waals surface area contributed by atoms with Crippen molar-refractivity contribution in [1.29, 1.82) is 0 Å². The number of aromatic amines is 1. The van der Waals surface area contributed by atoms with Crippen LogP contribution in [0, 0.1) is 6.92 Å². The lowest BCUT2D eigenvalue weighted by Crippen LogP contribution is -2.02. The van der Waals surface area contributed by atoms with E-state index >= 15 is 0 Å². The first-order valence-corrected chi connectivity index (χ1v) is 7.26. The molecular formula is C17H15ClN2O2. The molecule has 0 saturated carbocycles. The molecule has 0 atom stereocenters. The molecule has 0 spiro atoms. The van der Waals surface area contributed by atoms with Crippen molar-refractivity contribution in [2.45, 2.75) is 13.3 Å². The van der Waals surface area contributed by atoms with Gasteiger partial charge in [0.05, 0.1) is 23.7 Å². The second-order valence-corrected chi connectivity index (χ2v) is 5.57. The largest absolute Gasteiger partial charge is 0.465 e. The molecular weight excluding hydrogens is 300 g/mol. The minimum Gasteiger partial charge on any atom is -0.465 e. The normalized spacial score (nSPS) is 10.9. The molecule has 0 unspecified atom stereocenters. The average Bonchev–Trinajstić information content (AvgIpc) is 2.92. The first-order valence-electron chi connectivity index (χ1n) is 6.88. The standard InChI is InChI=1S/C17H15ClN2O2/c1-10-7-11(3-4-14(10)18)8-12-9-15-16(20-12)13(5-6-19-15)17(21)22-2/h3-7,9,20H,8H2,1-2H3. The SMILES string of the molecule is COC(=O)c1ccnc2cc(Cc3ccc(Cl)c(C)c3)[nH]c12. The molecule has 0 saturated heterocycles. The van der Waals surface area contributed by atoms with Crippen LogP contribution in [0.3, 0.4) is 0 Å². The van der Waals surface area contributed by atoms with Crippen molar-refractivity contribution in [3.05, 3.63) is 63.9 Å². The second-order valence-electron chi connectivity index (χ2n) is 5.17. The maximum atomic E-state index is 11.8. The summed E-state index contributed by atoms with van der Waals surface area (Å²) in [5.74, 6) is -0.372. The Balaban J connectivity index is 1.98. The predicted molar refractivity (Wildman–Crippen MR) is 86.4 cm³/mol. The second kappa shape index (κ2) is 5.81. The number of H-pyrrole nitrogens is 1. The van der Waals surface area contributed by atoms with Crippen molar-refractivity contribution in [2.75, 3.05) is 7.11 Å². The molecule has 0 radical (unpaired) electrons. The Hall–Kier alpha value is -2.33. The number of aryl methyl sites for hydroxylation is 1. The topological polar surface area (TPSA) is 55.0 Å². The van der Waals surface area contributed by atoms with Crippen LogP contribution in [-0.4, -0.2) is 23.0 Å². The number of carbonyl (C=O) groups is 1. The Morgan fingerprint density at radius 3 is 2.86 bits per heavy atom. The average molecular weight is 315 g/mol. The Bertz CT molecular complexity index is 855. The zero-order valence-electron chi connectivity index (χ0n) is 12.3. The molecule has 112 valence electrons. The summed E-state index contributed by atoms with van der Waals surface area (Å²) >= 11 is 6.05. The summed E-state index contributed by atoms with van der Waals surface area (Å²) in [5, 5.41) is 0.759. The lowest BCUT2D eigenvalue weighted by Gasteiger charge is -2.03. The number of nitrogens with one attached hydrogen (secondary N) is 1. The number of hydrogen-bond acceptors (Lipinski definition) is 3. The number of halogens is 1. The van der Waals surface area contributed by atoms with Crippen LogP contribution in [0.25, 0.3) is 11.0 Å². The van der Waals surface area contributed by atoms with Crippen molar-refractivity contribution in [2.24, 2.45) is 0 Å². The van der Waals surface area contributed by atoms with Crippen LogP contribution >= 0.6 is 11.6 Å². The third kappa shape index (κ3) is 2.70. The fourth-order valence-corrected chi connectivity index (χ4v) is 2.61. The van der Waals surface area contributed by atoms with Gasteiger partial charge in [-0.2, -0.15) is 0 Å². The van der Waals surface area contributed by atoms with E-state index in [-0.39, 0.29) is 5.97 Å². The van der Waals surface area contributed by atoms with E-state index < -0.39 is 0 Å². The van der Waals surface area contributed by atoms with Gasteiger partial charge in [0.25, 0.3) is 0 Å². The number of carbonyl (C=O) groups excluding carboxylic acids is 1. The van der Waals surface area contributed by atoms with Gasteiger partial charge in [0.2, 0.25) is 0 Å². The summed E-state index contributed by atoms with van der Waals surface area (Å²) in [6.07, 6.45) is 2.33. The highest BCUT2D eigenvalue weighted by atomic mass is 35.5. The van der Waals surface area contributed by atoms with Crippen molar-refractivity contribution in [1.82, 2.24) is 9.97 Å². The van der Waals surface area contributed by atoms with E-state index in [1.807, 2.05) is 25.1 Å². The summed E-state index contributed by atoms with van der Waals surface area (Å²) in [6.45, 7) is 1.98. The van der Waals surface area contributed by atoms with Gasteiger partial charge < -0.3 is 9.72 Å². The molecule has 1 N–H and O–H groups in total. The number of methoxy groups -OCH3 is 1. The summed E-state index contributed by atoms with van der Waals surface area (Å²) < 4.78 is 4.80. The zero-order valence-corrected chi connectivity index (χ0v) is 13.1. The third-order valence-corrected chi connectivity index (χ3v) is 4.02. The van der Waals surface area contributed by atoms with E-state index in [9.17, 15) is 4.79 Å². The fourth-order valence-electron chi connectivity index (χ4n) is 2.49. The molecule has 22 heavy (non-hydrogen) atoms. The molecule has 3 rings (SSSR count). The Kier molecular flexibility index (Phi) is 3.86. The number of fused-ring (bicyclic) bond motifs is 1. The highest BCUT2D eigenvalue weighted by Gasteiger charge is 2.13. The van der Waals surface area contributed by atoms with Crippen LogP contribution in [0.4, 0.5) is 0 Å². The van der Waals surface area contributed by atoms with Crippen molar-refractivity contribution in [3.63, 3.8) is 0 Å². The maximum Gasteiger partial charge on any atom is 0.340 e. The van der Waals surface area contributed by atoms with Crippen molar-refractivity contribution < 1.29 is 9.53 Å². The summed E-state index contributed by atoms with van der Waals surface area (Å²) in [5.41, 5.74) is 5.13. The van der Waals surface area contributed by atoms with E-state index in [0.29, 0.717) is 11.1 Å². The van der Waals surface area contributed by atoms with Gasteiger partial charge in [0.1, 0.15) is 0 Å². The van der Waals surface area contributed by atoms with Crippen molar-refractivity contribution >= 4 is 28.6 Å². The van der Waals surface area contributed by atoms with Gasteiger partial charge in [-0.15, -0.1) is 0 Å². The highest BCUT2D eigenvalue weighted by molar-refractivity contribution is 6.31. The van der Waals surface area contributed by atoms with Gasteiger partial charge in [-0.3, -0.25) is 4.98 Å².